The number of methoxy groups -OCH3 is 1. The van der Waals surface area contributed by atoms with Crippen LogP contribution in [0.15, 0.2) is 41.2 Å². The highest BCUT2D eigenvalue weighted by Crippen LogP contribution is 2.38. The maximum atomic E-state index is 12.3. The number of thiophene rings is 1. The van der Waals surface area contributed by atoms with Crippen molar-refractivity contribution in [2.75, 3.05) is 26.7 Å². The number of likely N-dealkylation sites (tertiary alicyclic amines) is 1. The number of aromatic nitrogens is 1. The van der Waals surface area contributed by atoms with Crippen molar-refractivity contribution in [3.8, 4) is 5.75 Å². The van der Waals surface area contributed by atoms with Crippen LogP contribution in [0.5, 0.6) is 5.75 Å². The first kappa shape index (κ1) is 25.0. The van der Waals surface area contributed by atoms with Gasteiger partial charge in [-0.2, -0.15) is 11.3 Å². The number of carboxylic acids is 1. The van der Waals surface area contributed by atoms with E-state index in [0.29, 0.717) is 30.7 Å². The molecule has 1 fully saturated rings. The molecule has 5 nitrogen and oxygen atoms in total. The number of halogens is 1. The molecule has 0 saturated carbocycles. The standard InChI is InChI=1S/C26H29ClN2O3S2/c1-32-19-4-5-23-21(15-19)20(22(27)16-28-23)3-2-8-26(25(30)31)9-12-29(13-10-26)11-6-24(33)18-7-14-34-17-18/h4-5,7,14-17H,2-3,6,8-13H2,1H3,(H,30,31). The van der Waals surface area contributed by atoms with E-state index >= 15 is 0 Å². The molecule has 1 aromatic carbocycles. The first-order chi connectivity index (χ1) is 16.4. The third-order valence-electron chi connectivity index (χ3n) is 6.98. The van der Waals surface area contributed by atoms with Gasteiger partial charge in [-0.1, -0.05) is 23.8 Å². The third-order valence-corrected chi connectivity index (χ3v) is 8.43. The van der Waals surface area contributed by atoms with Gasteiger partial charge in [0.15, 0.2) is 0 Å². The van der Waals surface area contributed by atoms with E-state index in [9.17, 15) is 9.90 Å². The molecule has 4 rings (SSSR count). The second kappa shape index (κ2) is 11.1. The van der Waals surface area contributed by atoms with Gasteiger partial charge in [-0.25, -0.2) is 0 Å². The van der Waals surface area contributed by atoms with Crippen LogP contribution in [0.4, 0.5) is 0 Å². The van der Waals surface area contributed by atoms with Crippen LogP contribution in [0.1, 0.15) is 43.2 Å². The summed E-state index contributed by atoms with van der Waals surface area (Å²) in [6.45, 7) is 2.45. The van der Waals surface area contributed by atoms with Crippen molar-refractivity contribution in [3.63, 3.8) is 0 Å². The van der Waals surface area contributed by atoms with Gasteiger partial charge in [0, 0.05) is 23.0 Å². The minimum atomic E-state index is -0.687. The zero-order valence-electron chi connectivity index (χ0n) is 19.3. The second-order valence-corrected chi connectivity index (χ2v) is 10.6. The molecule has 0 unspecified atom stereocenters. The Hall–Kier alpha value is -2.06. The van der Waals surface area contributed by atoms with Crippen molar-refractivity contribution in [1.82, 2.24) is 9.88 Å². The molecule has 0 amide bonds. The first-order valence-electron chi connectivity index (χ1n) is 11.5. The lowest BCUT2D eigenvalue weighted by Crippen LogP contribution is -2.45. The number of piperidine rings is 1. The van der Waals surface area contributed by atoms with Crippen molar-refractivity contribution < 1.29 is 14.6 Å². The predicted molar refractivity (Wildman–Crippen MR) is 143 cm³/mol. The lowest BCUT2D eigenvalue weighted by molar-refractivity contribution is -0.152. The number of hydrogen-bond acceptors (Lipinski definition) is 6. The molecule has 0 aliphatic carbocycles. The van der Waals surface area contributed by atoms with Gasteiger partial charge >= 0.3 is 5.97 Å². The minimum absolute atomic E-state index is 0.613. The zero-order valence-corrected chi connectivity index (χ0v) is 21.6. The van der Waals surface area contributed by atoms with Gasteiger partial charge in [-0.05, 0) is 97.8 Å². The van der Waals surface area contributed by atoms with E-state index in [1.807, 2.05) is 23.6 Å². The molecule has 3 heterocycles. The van der Waals surface area contributed by atoms with Crippen LogP contribution in [0.2, 0.25) is 5.02 Å². The fraction of sp³-hybridized carbons (Fsp3) is 0.423. The highest BCUT2D eigenvalue weighted by Gasteiger charge is 2.40. The molecule has 2 aromatic heterocycles. The topological polar surface area (TPSA) is 62.7 Å². The molecule has 1 aliphatic heterocycles. The molecular formula is C26H29ClN2O3S2. The van der Waals surface area contributed by atoms with E-state index in [-0.39, 0.29) is 0 Å². The van der Waals surface area contributed by atoms with E-state index in [1.54, 1.807) is 24.6 Å². The minimum Gasteiger partial charge on any atom is -0.497 e. The van der Waals surface area contributed by atoms with Crippen LogP contribution < -0.4 is 4.74 Å². The number of thiocarbonyl (C=S) groups is 1. The molecule has 0 bridgehead atoms. The van der Waals surface area contributed by atoms with Crippen LogP contribution in [0, 0.1) is 5.41 Å². The number of rotatable bonds is 10. The molecule has 0 atom stereocenters. The van der Waals surface area contributed by atoms with E-state index in [2.05, 4.69) is 21.3 Å². The Balaban J connectivity index is 1.36. The molecule has 180 valence electrons. The number of carbonyl (C=O) groups is 1. The largest absolute Gasteiger partial charge is 0.497 e. The number of ether oxygens (including phenoxy) is 1. The molecule has 1 saturated heterocycles. The van der Waals surface area contributed by atoms with E-state index in [1.165, 1.54) is 0 Å². The van der Waals surface area contributed by atoms with Gasteiger partial charge in [0.2, 0.25) is 0 Å². The summed E-state index contributed by atoms with van der Waals surface area (Å²) < 4.78 is 5.37. The summed E-state index contributed by atoms with van der Waals surface area (Å²) >= 11 is 13.7. The monoisotopic (exact) mass is 516 g/mol. The van der Waals surface area contributed by atoms with Gasteiger partial charge in [-0.3, -0.25) is 9.78 Å². The zero-order chi connectivity index (χ0) is 24.1. The molecule has 8 heteroatoms. The molecule has 0 radical (unpaired) electrons. The SMILES string of the molecule is COc1ccc2ncc(Cl)c(CCCC3(C(=O)O)CCN(CCC(=S)c4ccsc4)CC3)c2c1. The van der Waals surface area contributed by atoms with Crippen LogP contribution >= 0.6 is 35.2 Å². The van der Waals surface area contributed by atoms with Crippen LogP contribution in [0.3, 0.4) is 0 Å². The first-order valence-corrected chi connectivity index (χ1v) is 13.3. The van der Waals surface area contributed by atoms with E-state index < -0.39 is 11.4 Å². The second-order valence-electron chi connectivity index (χ2n) is 8.93. The molecule has 1 N–H and O–H groups in total. The summed E-state index contributed by atoms with van der Waals surface area (Å²) in [4.78, 5) is 20.1. The summed E-state index contributed by atoms with van der Waals surface area (Å²) in [5.74, 6) is 0.0685. The summed E-state index contributed by atoms with van der Waals surface area (Å²) in [6, 6.07) is 7.82. The third kappa shape index (κ3) is 5.60. The number of fused-ring (bicyclic) bond motifs is 1. The quantitative estimate of drug-likeness (QED) is 0.253. The average molecular weight is 517 g/mol. The fourth-order valence-electron chi connectivity index (χ4n) is 4.79. The number of carboxylic acid groups (broad SMARTS) is 1. The Bertz CT molecular complexity index is 1160. The Kier molecular flexibility index (Phi) is 8.19. The summed E-state index contributed by atoms with van der Waals surface area (Å²) in [5, 5.41) is 15.8. The number of hydrogen-bond donors (Lipinski definition) is 1. The summed E-state index contributed by atoms with van der Waals surface area (Å²) in [5.41, 5.74) is 2.32. The Labute approximate surface area is 214 Å². The van der Waals surface area contributed by atoms with Crippen molar-refractivity contribution >= 4 is 56.9 Å². The van der Waals surface area contributed by atoms with Crippen molar-refractivity contribution in [3.05, 3.63) is 57.4 Å². The van der Waals surface area contributed by atoms with Crippen molar-refractivity contribution in [1.29, 1.82) is 0 Å². The molecule has 0 spiro atoms. The lowest BCUT2D eigenvalue weighted by Gasteiger charge is -2.39. The van der Waals surface area contributed by atoms with E-state index in [0.717, 1.165) is 65.1 Å². The average Bonchev–Trinajstić information content (AvgIpc) is 3.39. The molecule has 3 aromatic rings. The van der Waals surface area contributed by atoms with Crippen molar-refractivity contribution in [2.45, 2.75) is 38.5 Å². The van der Waals surface area contributed by atoms with Gasteiger partial charge in [-0.15, -0.1) is 0 Å². The molecular weight excluding hydrogens is 488 g/mol. The normalized spacial score (nSPS) is 15.9. The molecule has 1 aliphatic rings. The van der Waals surface area contributed by atoms with Gasteiger partial charge < -0.3 is 14.7 Å². The van der Waals surface area contributed by atoms with Gasteiger partial charge in [0.1, 0.15) is 5.75 Å². The fourth-order valence-corrected chi connectivity index (χ4v) is 6.00. The smallest absolute Gasteiger partial charge is 0.309 e. The van der Waals surface area contributed by atoms with Crippen LogP contribution in [-0.4, -0.2) is 52.6 Å². The predicted octanol–water partition coefficient (Wildman–Crippen LogP) is 6.26. The van der Waals surface area contributed by atoms with Gasteiger partial charge in [0.25, 0.3) is 0 Å². The number of pyridine rings is 1. The van der Waals surface area contributed by atoms with Crippen molar-refractivity contribution in [2.24, 2.45) is 5.41 Å². The highest BCUT2D eigenvalue weighted by molar-refractivity contribution is 7.80. The highest BCUT2D eigenvalue weighted by atomic mass is 35.5. The maximum Gasteiger partial charge on any atom is 0.309 e. The summed E-state index contributed by atoms with van der Waals surface area (Å²) in [7, 11) is 1.64. The Morgan fingerprint density at radius 2 is 2.12 bits per heavy atom. The Morgan fingerprint density at radius 3 is 2.79 bits per heavy atom. The lowest BCUT2D eigenvalue weighted by atomic mass is 9.74. The number of nitrogens with zero attached hydrogens (tertiary/aromatic N) is 2. The summed E-state index contributed by atoms with van der Waals surface area (Å²) in [6.07, 6.45) is 5.93. The Morgan fingerprint density at radius 1 is 1.32 bits per heavy atom. The maximum absolute atomic E-state index is 12.3. The van der Waals surface area contributed by atoms with Gasteiger partial charge in [0.05, 0.1) is 23.1 Å². The number of aryl methyl sites for hydroxylation is 1. The van der Waals surface area contributed by atoms with Crippen LogP contribution in [-0.2, 0) is 11.2 Å². The number of aliphatic carboxylic acids is 1. The van der Waals surface area contributed by atoms with E-state index in [4.69, 9.17) is 28.6 Å². The number of benzene rings is 1. The molecule has 34 heavy (non-hydrogen) atoms. The van der Waals surface area contributed by atoms with Crippen LogP contribution in [0.25, 0.3) is 10.9 Å².